The number of aromatic amines is 1. The molecule has 0 fully saturated rings. The third kappa shape index (κ3) is 1.02. The second-order valence-electron chi connectivity index (χ2n) is 3.05. The van der Waals surface area contributed by atoms with Crippen molar-refractivity contribution in [1.29, 1.82) is 0 Å². The minimum atomic E-state index is -0.233. The average Bonchev–Trinajstić information content (AvgIpc) is 2.43. The van der Waals surface area contributed by atoms with Gasteiger partial charge in [-0.2, -0.15) is 4.98 Å². The van der Waals surface area contributed by atoms with Crippen LogP contribution in [0.5, 0.6) is 0 Å². The number of anilines is 1. The van der Waals surface area contributed by atoms with Gasteiger partial charge < -0.3 is 10.3 Å². The minimum Gasteiger partial charge on any atom is -0.369 e. The zero-order chi connectivity index (χ0) is 10.3. The summed E-state index contributed by atoms with van der Waals surface area (Å²) in [6.45, 7) is 3.63. The maximum Gasteiger partial charge on any atom is 0.262 e. The fourth-order valence-corrected chi connectivity index (χ4v) is 1.48. The van der Waals surface area contributed by atoms with Gasteiger partial charge in [0, 0.05) is 18.8 Å². The molecule has 0 radical (unpaired) electrons. The van der Waals surface area contributed by atoms with Gasteiger partial charge in [-0.1, -0.05) is 12.7 Å². The molecule has 2 aromatic rings. The van der Waals surface area contributed by atoms with E-state index in [0.717, 1.165) is 5.56 Å². The Kier molecular flexibility index (Phi) is 1.67. The van der Waals surface area contributed by atoms with Crippen LogP contribution in [0.1, 0.15) is 5.56 Å². The third-order valence-electron chi connectivity index (χ3n) is 2.09. The number of aromatic nitrogens is 3. The second-order valence-corrected chi connectivity index (χ2v) is 3.05. The number of aryl methyl sites for hydroxylation is 1. The van der Waals surface area contributed by atoms with E-state index in [1.807, 2.05) is 0 Å². The number of hydrogen-bond donors (Lipinski definition) is 2. The maximum absolute atomic E-state index is 11.6. The molecule has 5 nitrogen and oxygen atoms in total. The zero-order valence-corrected chi connectivity index (χ0v) is 7.74. The van der Waals surface area contributed by atoms with E-state index in [9.17, 15) is 4.79 Å². The summed E-state index contributed by atoms with van der Waals surface area (Å²) in [6, 6.07) is 0. The highest BCUT2D eigenvalue weighted by atomic mass is 16.1. The van der Waals surface area contributed by atoms with Gasteiger partial charge in [0.1, 0.15) is 5.65 Å². The molecule has 0 amide bonds. The summed E-state index contributed by atoms with van der Waals surface area (Å²) in [7, 11) is 1.81. The standard InChI is InChI=1S/C9H10N4O/c1-3-5-4-13(2)7-6(5)8(14)12-9(10)11-7/h3-4H,1H2,2H3,(H3,10,11,12,14). The Morgan fingerprint density at radius 3 is 3.07 bits per heavy atom. The molecule has 5 heteroatoms. The summed E-state index contributed by atoms with van der Waals surface area (Å²) >= 11 is 0. The predicted octanol–water partition coefficient (Wildman–Crippen LogP) is 0.487. The van der Waals surface area contributed by atoms with E-state index in [1.165, 1.54) is 0 Å². The lowest BCUT2D eigenvalue weighted by molar-refractivity contribution is 0.943. The molecular formula is C9H10N4O. The van der Waals surface area contributed by atoms with Gasteiger partial charge >= 0.3 is 0 Å². The highest BCUT2D eigenvalue weighted by Gasteiger charge is 2.09. The molecule has 0 atom stereocenters. The van der Waals surface area contributed by atoms with Gasteiger partial charge in [0.2, 0.25) is 5.95 Å². The first-order valence-corrected chi connectivity index (χ1v) is 4.10. The predicted molar refractivity (Wildman–Crippen MR) is 55.8 cm³/mol. The summed E-state index contributed by atoms with van der Waals surface area (Å²) in [4.78, 5) is 18.0. The molecule has 0 aliphatic carbocycles. The summed E-state index contributed by atoms with van der Waals surface area (Å²) < 4.78 is 1.75. The molecule has 14 heavy (non-hydrogen) atoms. The first-order chi connectivity index (χ1) is 6.63. The maximum atomic E-state index is 11.6. The van der Waals surface area contributed by atoms with Crippen LogP contribution in [0.2, 0.25) is 0 Å². The number of nitrogens with zero attached hydrogens (tertiary/aromatic N) is 2. The smallest absolute Gasteiger partial charge is 0.262 e. The van der Waals surface area contributed by atoms with Crippen molar-refractivity contribution in [3.05, 3.63) is 28.7 Å². The van der Waals surface area contributed by atoms with Crippen molar-refractivity contribution in [2.75, 3.05) is 5.73 Å². The lowest BCUT2D eigenvalue weighted by Crippen LogP contribution is -2.11. The Morgan fingerprint density at radius 2 is 2.43 bits per heavy atom. The summed E-state index contributed by atoms with van der Waals surface area (Å²) in [6.07, 6.45) is 3.41. The molecule has 0 saturated heterocycles. The first kappa shape index (κ1) is 8.55. The molecule has 0 aliphatic heterocycles. The molecule has 0 spiro atoms. The monoisotopic (exact) mass is 190 g/mol. The van der Waals surface area contributed by atoms with Crippen LogP contribution in [0, 0.1) is 0 Å². The molecule has 0 unspecified atom stereocenters. The number of nitrogens with two attached hydrogens (primary N) is 1. The van der Waals surface area contributed by atoms with Crippen molar-refractivity contribution in [3.63, 3.8) is 0 Å². The molecule has 0 aromatic carbocycles. The Bertz CT molecular complexity index is 564. The van der Waals surface area contributed by atoms with Gasteiger partial charge in [0.05, 0.1) is 5.39 Å². The largest absolute Gasteiger partial charge is 0.369 e. The van der Waals surface area contributed by atoms with Gasteiger partial charge in [-0.25, -0.2) is 0 Å². The van der Waals surface area contributed by atoms with Crippen LogP contribution in [0.25, 0.3) is 17.1 Å². The van der Waals surface area contributed by atoms with Crippen LogP contribution in [0.4, 0.5) is 5.95 Å². The highest BCUT2D eigenvalue weighted by molar-refractivity contribution is 5.86. The molecule has 0 bridgehead atoms. The SMILES string of the molecule is C=Cc1cn(C)c2nc(N)[nH]c(=O)c12. The van der Waals surface area contributed by atoms with Crippen LogP contribution < -0.4 is 11.3 Å². The zero-order valence-electron chi connectivity index (χ0n) is 7.74. The third-order valence-corrected chi connectivity index (χ3v) is 2.09. The fraction of sp³-hybridized carbons (Fsp3) is 0.111. The van der Waals surface area contributed by atoms with E-state index >= 15 is 0 Å². The van der Waals surface area contributed by atoms with Crippen molar-refractivity contribution in [2.45, 2.75) is 0 Å². The van der Waals surface area contributed by atoms with E-state index in [-0.39, 0.29) is 11.5 Å². The lowest BCUT2D eigenvalue weighted by Gasteiger charge is -1.95. The number of fused-ring (bicyclic) bond motifs is 1. The van der Waals surface area contributed by atoms with E-state index in [4.69, 9.17) is 5.73 Å². The molecule has 2 rings (SSSR count). The van der Waals surface area contributed by atoms with Gasteiger partial charge in [0.15, 0.2) is 0 Å². The summed E-state index contributed by atoms with van der Waals surface area (Å²) in [5.74, 6) is 0.124. The molecular weight excluding hydrogens is 180 g/mol. The molecule has 3 N–H and O–H groups in total. The Labute approximate surface area is 79.9 Å². The van der Waals surface area contributed by atoms with Crippen molar-refractivity contribution in [2.24, 2.45) is 7.05 Å². The highest BCUT2D eigenvalue weighted by Crippen LogP contribution is 2.15. The number of nitrogens with one attached hydrogen (secondary N) is 1. The molecule has 0 aliphatic rings. The second kappa shape index (κ2) is 2.73. The van der Waals surface area contributed by atoms with Crippen LogP contribution >= 0.6 is 0 Å². The number of nitrogen functional groups attached to an aromatic ring is 1. The Balaban J connectivity index is 3.04. The van der Waals surface area contributed by atoms with Crippen LogP contribution in [-0.2, 0) is 7.05 Å². The minimum absolute atomic E-state index is 0.124. The van der Waals surface area contributed by atoms with Crippen molar-refractivity contribution < 1.29 is 0 Å². The van der Waals surface area contributed by atoms with E-state index in [2.05, 4.69) is 16.5 Å². The van der Waals surface area contributed by atoms with Gasteiger partial charge in [-0.05, 0) is 0 Å². The quantitative estimate of drug-likeness (QED) is 0.686. The summed E-state index contributed by atoms with van der Waals surface area (Å²) in [5, 5.41) is 0.525. The molecule has 2 aromatic heterocycles. The number of rotatable bonds is 1. The van der Waals surface area contributed by atoms with Crippen molar-refractivity contribution in [1.82, 2.24) is 14.5 Å². The normalized spacial score (nSPS) is 10.6. The average molecular weight is 190 g/mol. The fourth-order valence-electron chi connectivity index (χ4n) is 1.48. The van der Waals surface area contributed by atoms with Gasteiger partial charge in [0.25, 0.3) is 5.56 Å². The topological polar surface area (TPSA) is 76.7 Å². The Morgan fingerprint density at radius 1 is 1.71 bits per heavy atom. The van der Waals surface area contributed by atoms with E-state index in [1.54, 1.807) is 23.9 Å². The van der Waals surface area contributed by atoms with E-state index < -0.39 is 0 Å². The summed E-state index contributed by atoms with van der Waals surface area (Å²) in [5.41, 5.74) is 6.54. The van der Waals surface area contributed by atoms with E-state index in [0.29, 0.717) is 11.0 Å². The van der Waals surface area contributed by atoms with Crippen molar-refractivity contribution >= 4 is 23.1 Å². The van der Waals surface area contributed by atoms with Crippen molar-refractivity contribution in [3.8, 4) is 0 Å². The number of hydrogen-bond acceptors (Lipinski definition) is 3. The molecule has 0 saturated carbocycles. The first-order valence-electron chi connectivity index (χ1n) is 4.10. The number of H-pyrrole nitrogens is 1. The van der Waals surface area contributed by atoms with Crippen LogP contribution in [0.15, 0.2) is 17.6 Å². The molecule has 2 heterocycles. The Hall–Kier alpha value is -2.04. The molecule has 72 valence electrons. The van der Waals surface area contributed by atoms with Crippen LogP contribution in [0.3, 0.4) is 0 Å². The van der Waals surface area contributed by atoms with Gasteiger partial charge in [-0.3, -0.25) is 9.78 Å². The lowest BCUT2D eigenvalue weighted by atomic mass is 10.2. The van der Waals surface area contributed by atoms with Crippen LogP contribution in [-0.4, -0.2) is 14.5 Å². The van der Waals surface area contributed by atoms with Gasteiger partial charge in [-0.15, -0.1) is 0 Å².